The minimum absolute atomic E-state index is 0. The SMILES string of the molecule is COc1cc(Br)cc(CNCCc2ccc(O)c(O)c2)c1OC.Cl. The molecule has 0 bridgehead atoms. The second kappa shape index (κ2) is 9.61. The first kappa shape index (κ1) is 20.4. The van der Waals surface area contributed by atoms with Crippen LogP contribution in [0.15, 0.2) is 34.8 Å². The summed E-state index contributed by atoms with van der Waals surface area (Å²) >= 11 is 3.46. The summed E-state index contributed by atoms with van der Waals surface area (Å²) in [5.41, 5.74) is 1.94. The second-order valence-electron chi connectivity index (χ2n) is 5.05. The lowest BCUT2D eigenvalue weighted by molar-refractivity contribution is 0.350. The highest BCUT2D eigenvalue weighted by molar-refractivity contribution is 9.10. The van der Waals surface area contributed by atoms with Crippen molar-refractivity contribution in [2.75, 3.05) is 20.8 Å². The molecule has 2 aromatic rings. The maximum atomic E-state index is 9.49. The van der Waals surface area contributed by atoms with Crippen molar-refractivity contribution in [3.05, 3.63) is 45.9 Å². The Hall–Kier alpha value is -1.63. The molecule has 0 fully saturated rings. The van der Waals surface area contributed by atoms with Gasteiger partial charge in [-0.15, -0.1) is 12.4 Å². The molecule has 2 aromatic carbocycles. The van der Waals surface area contributed by atoms with Crippen LogP contribution in [0.3, 0.4) is 0 Å². The van der Waals surface area contributed by atoms with Crippen LogP contribution < -0.4 is 14.8 Å². The van der Waals surface area contributed by atoms with Gasteiger partial charge in [-0.2, -0.15) is 0 Å². The lowest BCUT2D eigenvalue weighted by Crippen LogP contribution is -2.17. The zero-order chi connectivity index (χ0) is 16.8. The monoisotopic (exact) mass is 417 g/mol. The van der Waals surface area contributed by atoms with Crippen molar-refractivity contribution in [1.29, 1.82) is 0 Å². The number of hydrogen-bond acceptors (Lipinski definition) is 5. The average Bonchev–Trinajstić information content (AvgIpc) is 2.54. The minimum Gasteiger partial charge on any atom is -0.504 e. The number of aromatic hydroxyl groups is 2. The number of phenols is 2. The van der Waals surface area contributed by atoms with E-state index in [9.17, 15) is 10.2 Å². The van der Waals surface area contributed by atoms with Gasteiger partial charge in [-0.3, -0.25) is 0 Å². The summed E-state index contributed by atoms with van der Waals surface area (Å²) in [5, 5.41) is 22.1. The van der Waals surface area contributed by atoms with Crippen molar-refractivity contribution in [3.8, 4) is 23.0 Å². The van der Waals surface area contributed by atoms with Crippen LogP contribution in [0.4, 0.5) is 0 Å². The molecule has 0 heterocycles. The van der Waals surface area contributed by atoms with E-state index < -0.39 is 0 Å². The fraction of sp³-hybridized carbons (Fsp3) is 0.294. The van der Waals surface area contributed by atoms with E-state index >= 15 is 0 Å². The molecule has 0 aliphatic rings. The van der Waals surface area contributed by atoms with Crippen LogP contribution in [0.5, 0.6) is 23.0 Å². The number of rotatable bonds is 7. The molecule has 2 rings (SSSR count). The lowest BCUT2D eigenvalue weighted by atomic mass is 10.1. The van der Waals surface area contributed by atoms with E-state index in [4.69, 9.17) is 9.47 Å². The van der Waals surface area contributed by atoms with Gasteiger partial charge in [0.15, 0.2) is 23.0 Å². The molecule has 0 spiro atoms. The summed E-state index contributed by atoms with van der Waals surface area (Å²) in [6.07, 6.45) is 0.737. The fourth-order valence-corrected chi connectivity index (χ4v) is 2.80. The van der Waals surface area contributed by atoms with Crippen molar-refractivity contribution < 1.29 is 19.7 Å². The van der Waals surface area contributed by atoms with Crippen LogP contribution >= 0.6 is 28.3 Å². The molecule has 7 heteroatoms. The molecule has 132 valence electrons. The van der Waals surface area contributed by atoms with E-state index in [1.807, 2.05) is 12.1 Å². The molecule has 5 nitrogen and oxygen atoms in total. The number of halogens is 2. The number of benzene rings is 2. The Morgan fingerprint density at radius 1 is 1.04 bits per heavy atom. The maximum absolute atomic E-state index is 9.49. The van der Waals surface area contributed by atoms with Gasteiger partial charge in [0.05, 0.1) is 14.2 Å². The van der Waals surface area contributed by atoms with Crippen LogP contribution in [0, 0.1) is 0 Å². The number of hydrogen-bond donors (Lipinski definition) is 3. The van der Waals surface area contributed by atoms with E-state index in [1.165, 1.54) is 6.07 Å². The van der Waals surface area contributed by atoms with E-state index in [1.54, 1.807) is 26.4 Å². The highest BCUT2D eigenvalue weighted by Gasteiger charge is 2.11. The average molecular weight is 419 g/mol. The first-order valence-electron chi connectivity index (χ1n) is 7.17. The Bertz CT molecular complexity index is 682. The summed E-state index contributed by atoms with van der Waals surface area (Å²) in [6, 6.07) is 8.70. The highest BCUT2D eigenvalue weighted by Crippen LogP contribution is 2.34. The third kappa shape index (κ3) is 5.19. The zero-order valence-corrected chi connectivity index (χ0v) is 15.9. The Labute approximate surface area is 156 Å². The summed E-state index contributed by atoms with van der Waals surface area (Å²) < 4.78 is 11.7. The zero-order valence-electron chi connectivity index (χ0n) is 13.5. The first-order valence-corrected chi connectivity index (χ1v) is 7.96. The highest BCUT2D eigenvalue weighted by atomic mass is 79.9. The van der Waals surface area contributed by atoms with Gasteiger partial charge in [0.1, 0.15) is 0 Å². The number of phenolic OH excluding ortho intramolecular Hbond substituents is 2. The van der Waals surface area contributed by atoms with Crippen molar-refractivity contribution in [2.24, 2.45) is 0 Å². The first-order chi connectivity index (χ1) is 11.0. The van der Waals surface area contributed by atoms with E-state index in [2.05, 4.69) is 21.2 Å². The van der Waals surface area contributed by atoms with Gasteiger partial charge in [0.25, 0.3) is 0 Å². The second-order valence-corrected chi connectivity index (χ2v) is 5.97. The molecule has 0 aliphatic carbocycles. The van der Waals surface area contributed by atoms with E-state index in [0.717, 1.165) is 28.6 Å². The molecular formula is C17H21BrClNO4. The van der Waals surface area contributed by atoms with Crippen molar-refractivity contribution in [1.82, 2.24) is 5.32 Å². The van der Waals surface area contributed by atoms with Gasteiger partial charge in [-0.05, 0) is 42.8 Å². The predicted molar refractivity (Wildman–Crippen MR) is 99.7 cm³/mol. The van der Waals surface area contributed by atoms with Gasteiger partial charge in [-0.1, -0.05) is 22.0 Å². The molecule has 0 aliphatic heterocycles. The maximum Gasteiger partial charge on any atom is 0.165 e. The van der Waals surface area contributed by atoms with Gasteiger partial charge in [-0.25, -0.2) is 0 Å². The molecular weight excluding hydrogens is 398 g/mol. The van der Waals surface area contributed by atoms with Gasteiger partial charge in [0, 0.05) is 16.6 Å². The lowest BCUT2D eigenvalue weighted by Gasteiger charge is -2.14. The summed E-state index contributed by atoms with van der Waals surface area (Å²) in [5.74, 6) is 1.20. The number of nitrogens with one attached hydrogen (secondary N) is 1. The third-order valence-electron chi connectivity index (χ3n) is 3.47. The van der Waals surface area contributed by atoms with Crippen LogP contribution in [0.25, 0.3) is 0 Å². The van der Waals surface area contributed by atoms with Crippen molar-refractivity contribution >= 4 is 28.3 Å². The molecule has 3 N–H and O–H groups in total. The van der Waals surface area contributed by atoms with Gasteiger partial charge >= 0.3 is 0 Å². The van der Waals surface area contributed by atoms with Crippen LogP contribution in [0.2, 0.25) is 0 Å². The minimum atomic E-state index is -0.104. The largest absolute Gasteiger partial charge is 0.504 e. The Morgan fingerprint density at radius 3 is 2.42 bits per heavy atom. The smallest absolute Gasteiger partial charge is 0.165 e. The summed E-state index contributed by atoms with van der Waals surface area (Å²) in [7, 11) is 3.23. The van der Waals surface area contributed by atoms with Gasteiger partial charge in [0.2, 0.25) is 0 Å². The van der Waals surface area contributed by atoms with Crippen LogP contribution in [-0.2, 0) is 13.0 Å². The van der Waals surface area contributed by atoms with Crippen LogP contribution in [-0.4, -0.2) is 31.0 Å². The molecule has 0 aromatic heterocycles. The Balaban J connectivity index is 0.00000288. The molecule has 24 heavy (non-hydrogen) atoms. The van der Waals surface area contributed by atoms with E-state index in [-0.39, 0.29) is 23.9 Å². The van der Waals surface area contributed by atoms with Crippen molar-refractivity contribution in [3.63, 3.8) is 0 Å². The number of methoxy groups -OCH3 is 2. The van der Waals surface area contributed by atoms with Gasteiger partial charge < -0.3 is 25.0 Å². The predicted octanol–water partition coefficient (Wildman–Crippen LogP) is 3.63. The number of ether oxygens (including phenoxy) is 2. The quantitative estimate of drug-likeness (QED) is 0.473. The fourth-order valence-electron chi connectivity index (χ4n) is 2.32. The molecule has 0 unspecified atom stereocenters. The molecule has 0 saturated heterocycles. The van der Waals surface area contributed by atoms with E-state index in [0.29, 0.717) is 18.0 Å². The third-order valence-corrected chi connectivity index (χ3v) is 3.92. The topological polar surface area (TPSA) is 71.0 Å². The standard InChI is InChI=1S/C17H20BrNO4.ClH/c1-22-16-9-13(18)8-12(17(16)23-2)10-19-6-5-11-3-4-14(20)15(21)7-11;/h3-4,7-9,19-21H,5-6,10H2,1-2H3;1H. The Morgan fingerprint density at radius 2 is 1.79 bits per heavy atom. The molecule has 0 radical (unpaired) electrons. The summed E-state index contributed by atoms with van der Waals surface area (Å²) in [6.45, 7) is 1.35. The van der Waals surface area contributed by atoms with Crippen molar-refractivity contribution in [2.45, 2.75) is 13.0 Å². The molecule has 0 saturated carbocycles. The normalized spacial score (nSPS) is 10.1. The summed E-state index contributed by atoms with van der Waals surface area (Å²) in [4.78, 5) is 0. The molecule has 0 amide bonds. The van der Waals surface area contributed by atoms with Crippen LogP contribution in [0.1, 0.15) is 11.1 Å². The Kier molecular flexibility index (Phi) is 8.18. The molecule has 0 atom stereocenters.